The molecule has 0 aromatic carbocycles. The van der Waals surface area contributed by atoms with Crippen molar-refractivity contribution < 1.29 is 5.11 Å². The first-order chi connectivity index (χ1) is 11.0. The highest BCUT2D eigenvalue weighted by Gasteiger charge is 2.18. The zero-order valence-electron chi connectivity index (χ0n) is 14.6. The molecule has 25 heavy (non-hydrogen) atoms. The summed E-state index contributed by atoms with van der Waals surface area (Å²) in [6, 6.07) is 2.26. The van der Waals surface area contributed by atoms with E-state index >= 15 is 0 Å². The van der Waals surface area contributed by atoms with E-state index in [-0.39, 0.29) is 36.9 Å². The number of hydrogen-bond donors (Lipinski definition) is 2. The van der Waals surface area contributed by atoms with Crippen LogP contribution in [-0.4, -0.2) is 38.3 Å². The number of fused-ring (bicyclic) bond motifs is 1. The number of piperidine rings is 1. The summed E-state index contributed by atoms with van der Waals surface area (Å²) >= 11 is 0. The van der Waals surface area contributed by atoms with E-state index in [2.05, 4.69) is 15.3 Å². The van der Waals surface area contributed by atoms with Gasteiger partial charge in [0.15, 0.2) is 5.52 Å². The molecule has 2 aromatic heterocycles. The molecule has 2 N–H and O–H groups in total. The van der Waals surface area contributed by atoms with Crippen molar-refractivity contribution in [3.8, 4) is 0 Å². The van der Waals surface area contributed by atoms with E-state index in [1.165, 1.54) is 23.7 Å². The largest absolute Gasteiger partial charge is 0.391 e. The summed E-state index contributed by atoms with van der Waals surface area (Å²) in [6.45, 7) is 5.07. The van der Waals surface area contributed by atoms with Gasteiger partial charge in [0.25, 0.3) is 5.56 Å². The smallest absolute Gasteiger partial charge is 0.279 e. The first-order valence-electron chi connectivity index (χ1n) is 8.29. The van der Waals surface area contributed by atoms with Gasteiger partial charge in [0.2, 0.25) is 0 Å². The molecular weight excluding hydrogens is 363 g/mol. The second-order valence-electron chi connectivity index (χ2n) is 6.52. The van der Waals surface area contributed by atoms with Gasteiger partial charge in [0.05, 0.1) is 24.5 Å². The highest BCUT2D eigenvalue weighted by molar-refractivity contribution is 5.85. The van der Waals surface area contributed by atoms with Gasteiger partial charge in [-0.25, -0.2) is 9.97 Å². The highest BCUT2D eigenvalue weighted by Crippen LogP contribution is 2.14. The molecule has 0 aliphatic carbocycles. The van der Waals surface area contributed by atoms with Crippen molar-refractivity contribution in [1.82, 2.24) is 19.9 Å². The molecule has 1 fully saturated rings. The molecule has 0 radical (unpaired) electrons. The maximum Gasteiger partial charge on any atom is 0.279 e. The van der Waals surface area contributed by atoms with E-state index in [0.717, 1.165) is 24.2 Å². The van der Waals surface area contributed by atoms with Gasteiger partial charge in [-0.3, -0.25) is 9.36 Å². The molecule has 8 heteroatoms. The zero-order valence-corrected chi connectivity index (χ0v) is 16.2. The Hall–Kier alpha value is -1.21. The van der Waals surface area contributed by atoms with Gasteiger partial charge >= 0.3 is 0 Å². The van der Waals surface area contributed by atoms with Crippen LogP contribution in [0, 0.1) is 13.8 Å². The van der Waals surface area contributed by atoms with Crippen LogP contribution in [0.4, 0.5) is 0 Å². The Labute approximate surface area is 159 Å². The Balaban J connectivity index is 0.00000156. The average Bonchev–Trinajstić information content (AvgIpc) is 2.51. The molecule has 0 amide bonds. The summed E-state index contributed by atoms with van der Waals surface area (Å²) in [5.74, 6) is 0. The van der Waals surface area contributed by atoms with Crippen LogP contribution in [0.1, 0.15) is 36.9 Å². The van der Waals surface area contributed by atoms with Crippen LogP contribution in [0.2, 0.25) is 0 Å². The zero-order chi connectivity index (χ0) is 16.4. The van der Waals surface area contributed by atoms with Gasteiger partial charge in [-0.05, 0) is 51.3 Å². The quantitative estimate of drug-likeness (QED) is 0.838. The number of nitrogens with one attached hydrogen (secondary N) is 1. The molecule has 0 spiro atoms. The van der Waals surface area contributed by atoms with E-state index in [0.29, 0.717) is 23.5 Å². The Bertz CT molecular complexity index is 760. The van der Waals surface area contributed by atoms with E-state index < -0.39 is 6.10 Å². The molecule has 140 valence electrons. The van der Waals surface area contributed by atoms with Gasteiger partial charge < -0.3 is 10.4 Å². The molecule has 1 aliphatic heterocycles. The average molecular weight is 389 g/mol. The van der Waals surface area contributed by atoms with Crippen molar-refractivity contribution in [3.63, 3.8) is 0 Å². The van der Waals surface area contributed by atoms with Crippen LogP contribution in [0.3, 0.4) is 0 Å². The monoisotopic (exact) mass is 388 g/mol. The maximum atomic E-state index is 12.6. The van der Waals surface area contributed by atoms with Crippen LogP contribution >= 0.6 is 24.8 Å². The molecule has 1 saturated heterocycles. The molecule has 0 saturated carbocycles. The minimum atomic E-state index is -0.562. The number of aromatic nitrogens is 3. The Morgan fingerprint density at radius 1 is 1.32 bits per heavy atom. The number of aryl methyl sites for hydroxylation is 2. The van der Waals surface area contributed by atoms with Crippen LogP contribution in [0.25, 0.3) is 11.0 Å². The van der Waals surface area contributed by atoms with Crippen LogP contribution in [0.15, 0.2) is 17.2 Å². The van der Waals surface area contributed by atoms with Crippen molar-refractivity contribution in [2.24, 2.45) is 0 Å². The summed E-state index contributed by atoms with van der Waals surface area (Å²) in [5.41, 5.74) is 2.59. The fraction of sp³-hybridized carbons (Fsp3) is 0.588. The molecule has 6 nitrogen and oxygen atoms in total. The molecule has 3 rings (SSSR count). The van der Waals surface area contributed by atoms with E-state index in [1.54, 1.807) is 0 Å². The lowest BCUT2D eigenvalue weighted by Gasteiger charge is -2.25. The second kappa shape index (κ2) is 9.48. The third-order valence-corrected chi connectivity index (χ3v) is 4.48. The lowest BCUT2D eigenvalue weighted by Crippen LogP contribution is -2.38. The van der Waals surface area contributed by atoms with Crippen molar-refractivity contribution >= 4 is 35.8 Å². The number of aliphatic hydroxyl groups excluding tert-OH is 1. The normalized spacial score (nSPS) is 18.3. The van der Waals surface area contributed by atoms with Gasteiger partial charge in [0, 0.05) is 11.7 Å². The minimum Gasteiger partial charge on any atom is -0.391 e. The Kier molecular flexibility index (Phi) is 8.28. The first kappa shape index (κ1) is 21.8. The molecule has 2 aromatic rings. The standard InChI is InChI=1S/C17H24N4O2.2ClH/c1-11-7-12(2)20-16-15(11)19-10-21(17(16)23)9-14(22)8-13-5-3-4-6-18-13;;/h7,10,13-14,18,22H,3-6,8-9H2,1-2H3;2*1H/t13-,14?;;/m0../s1. The first-order valence-corrected chi connectivity index (χ1v) is 8.29. The summed E-state index contributed by atoms with van der Waals surface area (Å²) in [5, 5.41) is 13.7. The lowest BCUT2D eigenvalue weighted by molar-refractivity contribution is 0.123. The number of rotatable bonds is 4. The van der Waals surface area contributed by atoms with Crippen LogP contribution in [-0.2, 0) is 6.54 Å². The Morgan fingerprint density at radius 2 is 2.08 bits per heavy atom. The van der Waals surface area contributed by atoms with Crippen molar-refractivity contribution in [3.05, 3.63) is 34.0 Å². The Morgan fingerprint density at radius 3 is 2.76 bits per heavy atom. The fourth-order valence-electron chi connectivity index (χ4n) is 3.34. The number of pyridine rings is 1. The second-order valence-corrected chi connectivity index (χ2v) is 6.52. The van der Waals surface area contributed by atoms with Crippen molar-refractivity contribution in [2.45, 2.75) is 58.2 Å². The van der Waals surface area contributed by atoms with Gasteiger partial charge in [0.1, 0.15) is 0 Å². The molecule has 2 atom stereocenters. The number of aliphatic hydroxyl groups is 1. The maximum absolute atomic E-state index is 12.6. The summed E-state index contributed by atoms with van der Waals surface area (Å²) in [6.07, 6.45) is 5.10. The SMILES string of the molecule is Cc1cc(C)c2ncn(CC(O)C[C@@H]3CCCCN3)c(=O)c2n1.Cl.Cl. The molecule has 0 bridgehead atoms. The molecule has 1 unspecified atom stereocenters. The molecular formula is C17H26Cl2N4O2. The predicted octanol–water partition coefficient (Wildman–Crippen LogP) is 2.15. The van der Waals surface area contributed by atoms with Crippen LogP contribution in [0.5, 0.6) is 0 Å². The number of hydrogen-bond acceptors (Lipinski definition) is 5. The number of nitrogens with zero attached hydrogens (tertiary/aromatic N) is 3. The van der Waals surface area contributed by atoms with E-state index in [1.807, 2.05) is 19.9 Å². The van der Waals surface area contributed by atoms with E-state index in [9.17, 15) is 9.90 Å². The summed E-state index contributed by atoms with van der Waals surface area (Å²) < 4.78 is 1.47. The van der Waals surface area contributed by atoms with Crippen molar-refractivity contribution in [1.29, 1.82) is 0 Å². The number of halogens is 2. The minimum absolute atomic E-state index is 0. The fourth-order valence-corrected chi connectivity index (χ4v) is 3.34. The van der Waals surface area contributed by atoms with Gasteiger partial charge in [-0.1, -0.05) is 6.42 Å². The third kappa shape index (κ3) is 5.14. The van der Waals surface area contributed by atoms with Gasteiger partial charge in [-0.2, -0.15) is 0 Å². The van der Waals surface area contributed by atoms with Crippen molar-refractivity contribution in [2.75, 3.05) is 6.54 Å². The molecule has 1 aliphatic rings. The lowest BCUT2D eigenvalue weighted by atomic mass is 9.99. The third-order valence-electron chi connectivity index (χ3n) is 4.48. The topological polar surface area (TPSA) is 80.0 Å². The molecule has 3 heterocycles. The van der Waals surface area contributed by atoms with E-state index in [4.69, 9.17) is 0 Å². The van der Waals surface area contributed by atoms with Crippen LogP contribution < -0.4 is 10.9 Å². The predicted molar refractivity (Wildman–Crippen MR) is 104 cm³/mol. The highest BCUT2D eigenvalue weighted by atomic mass is 35.5. The summed E-state index contributed by atoms with van der Waals surface area (Å²) in [4.78, 5) is 21.3. The van der Waals surface area contributed by atoms with Gasteiger partial charge in [-0.15, -0.1) is 24.8 Å². The summed E-state index contributed by atoms with van der Waals surface area (Å²) in [7, 11) is 0.